The summed E-state index contributed by atoms with van der Waals surface area (Å²) < 4.78 is 0. The van der Waals surface area contributed by atoms with Crippen LogP contribution in [0.3, 0.4) is 0 Å². The molecule has 10 aromatic rings. The quantitative estimate of drug-likeness (QED) is 0.127. The van der Waals surface area contributed by atoms with Gasteiger partial charge in [0.2, 0.25) is 0 Å². The molecule has 4 unspecified atom stereocenters. The Hall–Kier alpha value is -5.96. The molecular weight excluding hydrogens is 921 g/mol. The molecule has 0 aliphatic heterocycles. The van der Waals surface area contributed by atoms with Gasteiger partial charge in [0.1, 0.15) is 0 Å². The first-order valence-electron chi connectivity index (χ1n) is 24.4. The van der Waals surface area contributed by atoms with Gasteiger partial charge in [-0.15, -0.1) is 30.1 Å². The number of hydrogen-bond acceptors (Lipinski definition) is 2. The zero-order chi connectivity index (χ0) is 49.1. The van der Waals surface area contributed by atoms with Gasteiger partial charge in [0.15, 0.2) is 0 Å². The zero-order valence-corrected chi connectivity index (χ0v) is 46.4. The van der Waals surface area contributed by atoms with E-state index in [1.807, 2.05) is 0 Å². The minimum absolute atomic E-state index is 0.295. The molecule has 0 bridgehead atoms. The summed E-state index contributed by atoms with van der Waals surface area (Å²) in [6.45, 7) is 27.7. The van der Waals surface area contributed by atoms with Crippen molar-refractivity contribution in [3.63, 3.8) is 0 Å². The van der Waals surface area contributed by atoms with Gasteiger partial charge < -0.3 is 9.80 Å². The molecule has 4 atom stereocenters. The van der Waals surface area contributed by atoms with Gasteiger partial charge in [-0.1, -0.05) is 97.1 Å². The second kappa shape index (κ2) is 19.3. The monoisotopic (exact) mass is 984 g/mol. The molecule has 0 radical (unpaired) electrons. The first-order valence-corrected chi connectivity index (χ1v) is 31.6. The molecule has 70 heavy (non-hydrogen) atoms. The number of rotatable bonds is 11. The number of nitrogens with zero attached hydrogens (tertiary/aromatic N) is 2. The summed E-state index contributed by atoms with van der Waals surface area (Å²) in [4.78, 5) is 4.82. The van der Waals surface area contributed by atoms with Crippen molar-refractivity contribution in [3.8, 4) is 54.6 Å². The molecule has 2 nitrogen and oxygen atoms in total. The first kappa shape index (κ1) is 47.7. The largest absolute Gasteiger partial charge is 0.311 e. The molecule has 0 saturated heterocycles. The summed E-state index contributed by atoms with van der Waals surface area (Å²) in [7, 11) is -1.18. The molecule has 0 fully saturated rings. The van der Waals surface area contributed by atoms with Crippen molar-refractivity contribution in [2.75, 3.05) is 9.80 Å². The van der Waals surface area contributed by atoms with Crippen LogP contribution in [0.2, 0.25) is 0 Å². The van der Waals surface area contributed by atoms with Crippen LogP contribution < -0.4 is 9.80 Å². The molecule has 350 valence electrons. The van der Waals surface area contributed by atoms with Gasteiger partial charge in [0, 0.05) is 55.3 Å². The van der Waals surface area contributed by atoms with Crippen LogP contribution in [0.5, 0.6) is 0 Å². The van der Waals surface area contributed by atoms with Crippen molar-refractivity contribution >= 4 is 64.3 Å². The second-order valence-electron chi connectivity index (χ2n) is 19.5. The molecule has 0 aliphatic carbocycles. The average Bonchev–Trinajstić information content (AvgIpc) is 3.98. The Bertz CT molecular complexity index is 3080. The van der Waals surface area contributed by atoms with Crippen LogP contribution in [-0.4, -0.2) is 0 Å². The van der Waals surface area contributed by atoms with Gasteiger partial charge in [-0.05, 0) is 232 Å². The van der Waals surface area contributed by atoms with E-state index in [1.54, 1.807) is 0 Å². The SMILES string of the molecule is Cc1cc(C)p(C)c1-c1ccc(N(c2ccc(-c3ccc(N(c4ccc(-c5c(C)cc(C)p5C)cc4)c4ccc(-c5c(C)cc(C)p5C)cc4)cc3)cc2)c2ccc(-c3c(C)cc(C)p3C)cc2)cc1. The van der Waals surface area contributed by atoms with Gasteiger partial charge in [-0.25, -0.2) is 0 Å². The van der Waals surface area contributed by atoms with Crippen LogP contribution in [0.15, 0.2) is 170 Å². The zero-order valence-electron chi connectivity index (χ0n) is 42.8. The fraction of sp³-hybridized carbons (Fsp3) is 0.188. The molecule has 4 heterocycles. The summed E-state index contributed by atoms with van der Waals surface area (Å²) in [5.74, 6) is 0. The maximum Gasteiger partial charge on any atom is 0.0462 e. The van der Waals surface area contributed by atoms with Crippen molar-refractivity contribution in [1.29, 1.82) is 0 Å². The third-order valence-corrected chi connectivity index (χ3v) is 24.7. The smallest absolute Gasteiger partial charge is 0.0462 e. The summed E-state index contributed by atoms with van der Waals surface area (Å²) in [6.07, 6.45) is 0. The Kier molecular flexibility index (Phi) is 13.2. The topological polar surface area (TPSA) is 6.48 Å². The van der Waals surface area contributed by atoms with Crippen LogP contribution in [0.1, 0.15) is 43.4 Å². The number of hydrogen-bond donors (Lipinski definition) is 0. The van der Waals surface area contributed by atoms with Gasteiger partial charge >= 0.3 is 0 Å². The minimum Gasteiger partial charge on any atom is -0.311 e. The fourth-order valence-corrected chi connectivity index (χ4v) is 18.4. The molecule has 0 saturated carbocycles. The fourth-order valence-electron chi connectivity index (χ4n) is 10.9. The van der Waals surface area contributed by atoms with Crippen LogP contribution in [0.25, 0.3) is 54.6 Å². The summed E-state index contributed by atoms with van der Waals surface area (Å²) in [5, 5.41) is 12.0. The van der Waals surface area contributed by atoms with E-state index in [0.29, 0.717) is 0 Å². The predicted molar refractivity (Wildman–Crippen MR) is 316 cm³/mol. The summed E-state index contributed by atoms with van der Waals surface area (Å²) >= 11 is 0. The number of aryl methyl sites for hydroxylation is 8. The Morgan fingerprint density at radius 2 is 0.386 bits per heavy atom. The third kappa shape index (κ3) is 8.80. The predicted octanol–water partition coefficient (Wildman–Crippen LogP) is 21.5. The van der Waals surface area contributed by atoms with Crippen molar-refractivity contribution in [2.24, 2.45) is 26.7 Å². The summed E-state index contributed by atoms with van der Waals surface area (Å²) in [5.41, 5.74) is 20.1. The number of benzene rings is 6. The minimum atomic E-state index is -0.295. The first-order chi connectivity index (χ1) is 33.7. The normalized spacial score (nSPS) is 12.5. The number of anilines is 6. The molecule has 6 heteroatoms. The van der Waals surface area contributed by atoms with Crippen LogP contribution in [0.4, 0.5) is 34.1 Å². The van der Waals surface area contributed by atoms with E-state index in [4.69, 9.17) is 0 Å². The van der Waals surface area contributed by atoms with Crippen molar-refractivity contribution < 1.29 is 0 Å². The molecule has 0 spiro atoms. The van der Waals surface area contributed by atoms with Gasteiger partial charge in [0.25, 0.3) is 0 Å². The lowest BCUT2D eigenvalue weighted by Crippen LogP contribution is -2.10. The molecule has 0 aliphatic rings. The van der Waals surface area contributed by atoms with Gasteiger partial charge in [-0.2, -0.15) is 0 Å². The van der Waals surface area contributed by atoms with Crippen LogP contribution in [-0.2, 0) is 26.7 Å². The molecular formula is C64H64N2P4. The Morgan fingerprint density at radius 3 is 0.529 bits per heavy atom. The maximum atomic E-state index is 2.41. The molecule has 0 amide bonds. The van der Waals surface area contributed by atoms with Crippen LogP contribution in [0, 0.1) is 55.4 Å². The lowest BCUT2D eigenvalue weighted by molar-refractivity contribution is 1.28. The third-order valence-electron chi connectivity index (χ3n) is 14.8. The highest BCUT2D eigenvalue weighted by Crippen LogP contribution is 2.51. The molecule has 6 aromatic carbocycles. The average molecular weight is 985 g/mol. The van der Waals surface area contributed by atoms with E-state index < -0.39 is 0 Å². The van der Waals surface area contributed by atoms with E-state index in [9.17, 15) is 0 Å². The van der Waals surface area contributed by atoms with Crippen molar-refractivity contribution in [2.45, 2.75) is 55.4 Å². The second-order valence-corrected chi connectivity index (χ2v) is 28.5. The maximum absolute atomic E-state index is 2.41. The highest BCUT2D eigenvalue weighted by Gasteiger charge is 2.20. The Labute approximate surface area is 421 Å². The van der Waals surface area contributed by atoms with Gasteiger partial charge in [0.05, 0.1) is 0 Å². The highest BCUT2D eigenvalue weighted by atomic mass is 31.1. The van der Waals surface area contributed by atoms with Gasteiger partial charge in [-0.3, -0.25) is 0 Å². The van der Waals surface area contributed by atoms with E-state index in [0.717, 1.165) is 34.1 Å². The van der Waals surface area contributed by atoms with E-state index >= 15 is 0 Å². The molecule has 4 aromatic heterocycles. The highest BCUT2D eigenvalue weighted by molar-refractivity contribution is 7.53. The van der Waals surface area contributed by atoms with Crippen LogP contribution >= 0.6 is 30.1 Å². The molecule has 0 N–H and O–H groups in total. The van der Waals surface area contributed by atoms with E-state index in [-0.39, 0.29) is 30.1 Å². The van der Waals surface area contributed by atoms with E-state index in [2.05, 4.69) is 262 Å². The molecule has 10 rings (SSSR count). The lowest BCUT2D eigenvalue weighted by atomic mass is 10.0. The van der Waals surface area contributed by atoms with Crippen molar-refractivity contribution in [1.82, 2.24) is 0 Å². The van der Waals surface area contributed by atoms with Crippen molar-refractivity contribution in [3.05, 3.63) is 213 Å². The Balaban J connectivity index is 0.985. The standard InChI is InChI=1S/C64H64N2P4/c1-41-37-45(5)67(9)61(41)51-17-29-57(30-18-51)65(58-31-19-52(20-32-58)62-42(2)38-46(6)68(62)10)55-25-13-49(14-26-55)50-15-27-56(28-16-50)66(59-33-21-53(22-34-59)63-43(3)39-47(7)69(63)11)60-35-23-54(24-36-60)64-44(4)40-48(8)70(64)12/h13-40H,1-12H3. The Morgan fingerprint density at radius 1 is 0.229 bits per heavy atom. The summed E-state index contributed by atoms with van der Waals surface area (Å²) in [6, 6.07) is 64.8. The van der Waals surface area contributed by atoms with E-state index in [1.165, 1.54) is 98.0 Å². The lowest BCUT2D eigenvalue weighted by Gasteiger charge is -2.27.